The first-order chi connectivity index (χ1) is 17.0. The van der Waals surface area contributed by atoms with E-state index in [-0.39, 0.29) is 49.7 Å². The zero-order chi connectivity index (χ0) is 26.6. The number of nitrogens with two attached hydrogens (primary N) is 2. The third kappa shape index (κ3) is 7.32. The first-order valence-electron chi connectivity index (χ1n) is 11.6. The van der Waals surface area contributed by atoms with E-state index in [1.165, 1.54) is 31.1 Å². The van der Waals surface area contributed by atoms with Gasteiger partial charge < -0.3 is 42.3 Å². The van der Waals surface area contributed by atoms with Crippen LogP contribution in [-0.4, -0.2) is 82.8 Å². The van der Waals surface area contributed by atoms with Crippen molar-refractivity contribution in [2.24, 2.45) is 11.5 Å². The Hall–Kier alpha value is -3.38. The highest BCUT2D eigenvalue weighted by Gasteiger charge is 2.31. The van der Waals surface area contributed by atoms with Gasteiger partial charge in [-0.15, -0.1) is 12.4 Å². The third-order valence-corrected chi connectivity index (χ3v) is 6.16. The van der Waals surface area contributed by atoms with Crippen LogP contribution in [-0.2, 0) is 27.2 Å². The molecule has 9 N–H and O–H groups in total. The second-order valence-electron chi connectivity index (χ2n) is 9.18. The molecule has 0 saturated heterocycles. The van der Waals surface area contributed by atoms with E-state index in [1.54, 1.807) is 24.3 Å². The average molecular weight is 536 g/mol. The highest BCUT2D eigenvalue weighted by atomic mass is 35.5. The van der Waals surface area contributed by atoms with Gasteiger partial charge >= 0.3 is 0 Å². The third-order valence-electron chi connectivity index (χ3n) is 6.16. The predicted molar refractivity (Wildman–Crippen MR) is 140 cm³/mol. The summed E-state index contributed by atoms with van der Waals surface area (Å²) >= 11 is 0. The molecule has 0 radical (unpaired) electrons. The number of phenolic OH excluding ortho intramolecular Hbond substituents is 2. The highest BCUT2D eigenvalue weighted by Crippen LogP contribution is 2.31. The monoisotopic (exact) mass is 535 g/mol. The fraction of sp³-hybridized carbons (Fsp3) is 0.400. The van der Waals surface area contributed by atoms with Crippen LogP contribution in [0.1, 0.15) is 17.5 Å². The molecule has 4 atom stereocenters. The van der Waals surface area contributed by atoms with Crippen molar-refractivity contribution >= 4 is 30.1 Å². The number of rotatable bonds is 4. The Bertz CT molecular complexity index is 1140. The maximum atomic E-state index is 13.2. The number of carbonyl (C=O) groups is 3. The Morgan fingerprint density at radius 3 is 2.05 bits per heavy atom. The molecule has 37 heavy (non-hydrogen) atoms. The normalized spacial score (nSPS) is 20.8. The quantitative estimate of drug-likeness (QED) is 0.269. The summed E-state index contributed by atoms with van der Waals surface area (Å²) in [4.78, 5) is 40.4. The van der Waals surface area contributed by atoms with Crippen LogP contribution in [0, 0.1) is 0 Å². The zero-order valence-corrected chi connectivity index (χ0v) is 21.5. The smallest absolute Gasteiger partial charge is 0.244 e. The molecular formula is C25H34ClN5O6. The lowest BCUT2D eigenvalue weighted by Crippen LogP contribution is -2.57. The molecule has 3 rings (SSSR count). The molecule has 11 nitrogen and oxygen atoms in total. The van der Waals surface area contributed by atoms with Gasteiger partial charge in [0.1, 0.15) is 23.6 Å². The van der Waals surface area contributed by atoms with E-state index in [4.69, 9.17) is 11.5 Å². The molecule has 4 bridgehead atoms. The average Bonchev–Trinajstić information content (AvgIpc) is 2.84. The Morgan fingerprint density at radius 1 is 1.00 bits per heavy atom. The molecule has 0 unspecified atom stereocenters. The zero-order valence-electron chi connectivity index (χ0n) is 20.7. The number of hydrogen-bond acceptors (Lipinski definition) is 8. The van der Waals surface area contributed by atoms with Gasteiger partial charge in [0, 0.05) is 39.9 Å². The first-order valence-corrected chi connectivity index (χ1v) is 11.6. The van der Waals surface area contributed by atoms with Crippen molar-refractivity contribution in [2.45, 2.75) is 43.5 Å². The number of hydrogen-bond donors (Lipinski definition) is 7. The molecule has 0 spiro atoms. The van der Waals surface area contributed by atoms with Crippen LogP contribution in [0.2, 0.25) is 0 Å². The van der Waals surface area contributed by atoms with Crippen LogP contribution in [0.3, 0.4) is 0 Å². The Kier molecular flexibility index (Phi) is 10.3. The number of phenols is 2. The molecule has 1 aliphatic rings. The van der Waals surface area contributed by atoms with Gasteiger partial charge in [-0.05, 0) is 46.5 Å². The molecule has 0 aliphatic carbocycles. The second-order valence-corrected chi connectivity index (χ2v) is 9.18. The number of aliphatic hydroxyl groups is 1. The molecule has 2 aromatic carbocycles. The standard InChI is InChI=1S/C25H33N5O6.ClH/c1-30(2)25(36)20-10-16-8-14(4-6-22(16)33)13-3-5-21(32)15(7-13)9-18(27)23(34)28-19(24(35)29-20)11-17(31)12-26;/h3-8,17-20,31-33H,9-12,26-27H2,1-2H3,(H,28,34)(H,29,35);1H/t17-,18+,19-,20-;/m1./s1. The molecule has 2 aromatic rings. The van der Waals surface area contributed by atoms with Crippen LogP contribution in [0.4, 0.5) is 0 Å². The summed E-state index contributed by atoms with van der Waals surface area (Å²) in [5.41, 5.74) is 13.8. The number of nitrogens with zero attached hydrogens (tertiary/aromatic N) is 1. The number of aromatic hydroxyl groups is 2. The van der Waals surface area contributed by atoms with Crippen molar-refractivity contribution in [1.29, 1.82) is 0 Å². The fourth-order valence-corrected chi connectivity index (χ4v) is 4.07. The van der Waals surface area contributed by atoms with E-state index in [9.17, 15) is 29.7 Å². The molecule has 0 aromatic heterocycles. The van der Waals surface area contributed by atoms with Gasteiger partial charge in [-0.2, -0.15) is 0 Å². The van der Waals surface area contributed by atoms with Crippen LogP contribution in [0.25, 0.3) is 11.1 Å². The Balaban J connectivity index is 0.00000481. The van der Waals surface area contributed by atoms with Gasteiger partial charge in [0.05, 0.1) is 12.1 Å². The molecule has 1 aliphatic heterocycles. The van der Waals surface area contributed by atoms with Crippen molar-refractivity contribution < 1.29 is 29.7 Å². The number of likely N-dealkylation sites (N-methyl/N-ethyl adjacent to an activating group) is 1. The topological polar surface area (TPSA) is 191 Å². The molecule has 3 amide bonds. The second kappa shape index (κ2) is 12.7. The van der Waals surface area contributed by atoms with Crippen LogP contribution < -0.4 is 22.1 Å². The summed E-state index contributed by atoms with van der Waals surface area (Å²) in [5, 5.41) is 36.1. The Morgan fingerprint density at radius 2 is 1.54 bits per heavy atom. The van der Waals surface area contributed by atoms with E-state index in [2.05, 4.69) is 10.6 Å². The lowest BCUT2D eigenvalue weighted by Gasteiger charge is -2.27. The van der Waals surface area contributed by atoms with Gasteiger partial charge in [0.15, 0.2) is 0 Å². The van der Waals surface area contributed by atoms with Gasteiger partial charge in [-0.1, -0.05) is 12.1 Å². The van der Waals surface area contributed by atoms with Crippen molar-refractivity contribution in [3.8, 4) is 22.6 Å². The SMILES string of the molecule is CN(C)C(=O)[C@H]1Cc2cc(ccc2O)-c2ccc(O)c(c2)C[C@H](N)C(=O)N[C@H](C[C@@H](O)CN)C(=O)N1.Cl. The van der Waals surface area contributed by atoms with E-state index < -0.39 is 42.0 Å². The van der Waals surface area contributed by atoms with Crippen molar-refractivity contribution in [1.82, 2.24) is 15.5 Å². The highest BCUT2D eigenvalue weighted by molar-refractivity contribution is 5.93. The van der Waals surface area contributed by atoms with Gasteiger partial charge in [-0.3, -0.25) is 14.4 Å². The lowest BCUT2D eigenvalue weighted by atomic mass is 9.95. The minimum absolute atomic E-state index is 0. The first kappa shape index (κ1) is 29.8. The molecule has 12 heteroatoms. The number of amides is 3. The summed E-state index contributed by atoms with van der Waals surface area (Å²) in [7, 11) is 3.07. The largest absolute Gasteiger partial charge is 0.508 e. The molecule has 0 saturated carbocycles. The van der Waals surface area contributed by atoms with E-state index in [0.717, 1.165) is 0 Å². The van der Waals surface area contributed by atoms with Crippen LogP contribution in [0.5, 0.6) is 11.5 Å². The maximum absolute atomic E-state index is 13.2. The number of benzene rings is 2. The molecule has 202 valence electrons. The summed E-state index contributed by atoms with van der Waals surface area (Å²) in [6.07, 6.45) is -1.35. The molecular weight excluding hydrogens is 502 g/mol. The van der Waals surface area contributed by atoms with Gasteiger partial charge in [-0.25, -0.2) is 0 Å². The van der Waals surface area contributed by atoms with E-state index in [1.807, 2.05) is 0 Å². The number of carbonyl (C=O) groups excluding carboxylic acids is 3. The summed E-state index contributed by atoms with van der Waals surface area (Å²) in [5.74, 6) is -1.91. The summed E-state index contributed by atoms with van der Waals surface area (Å²) in [6, 6.07) is 6.33. The van der Waals surface area contributed by atoms with E-state index in [0.29, 0.717) is 22.3 Å². The molecule has 0 fully saturated rings. The lowest BCUT2D eigenvalue weighted by molar-refractivity contribution is -0.136. The minimum atomic E-state index is -1.23. The van der Waals surface area contributed by atoms with Gasteiger partial charge in [0.25, 0.3) is 0 Å². The van der Waals surface area contributed by atoms with Crippen molar-refractivity contribution in [3.63, 3.8) is 0 Å². The molecule has 1 heterocycles. The number of nitrogens with one attached hydrogen (secondary N) is 2. The predicted octanol–water partition coefficient (Wildman–Crippen LogP) is -0.620. The van der Waals surface area contributed by atoms with E-state index >= 15 is 0 Å². The fourth-order valence-electron chi connectivity index (χ4n) is 4.07. The maximum Gasteiger partial charge on any atom is 0.244 e. The minimum Gasteiger partial charge on any atom is -0.508 e. The van der Waals surface area contributed by atoms with Gasteiger partial charge in [0.2, 0.25) is 17.7 Å². The number of aliphatic hydroxyl groups excluding tert-OH is 1. The number of fused-ring (bicyclic) bond motifs is 5. The Labute approximate surface area is 221 Å². The van der Waals surface area contributed by atoms with Crippen molar-refractivity contribution in [3.05, 3.63) is 47.5 Å². The van der Waals surface area contributed by atoms with Crippen molar-refractivity contribution in [2.75, 3.05) is 20.6 Å². The van der Waals surface area contributed by atoms with Crippen LogP contribution >= 0.6 is 12.4 Å². The summed E-state index contributed by atoms with van der Waals surface area (Å²) < 4.78 is 0. The number of halogens is 1. The summed E-state index contributed by atoms with van der Waals surface area (Å²) in [6.45, 7) is -0.146. The van der Waals surface area contributed by atoms with Crippen LogP contribution in [0.15, 0.2) is 36.4 Å².